The summed E-state index contributed by atoms with van der Waals surface area (Å²) in [4.78, 5) is 4.56. The molecule has 4 aliphatic carbocycles. The molecule has 0 N–H and O–H groups in total. The molecule has 0 amide bonds. The molecule has 2 saturated carbocycles. The van der Waals surface area contributed by atoms with E-state index in [1.54, 1.807) is 5.57 Å². The number of nitrogens with zero attached hydrogens (tertiary/aromatic N) is 1. The van der Waals surface area contributed by atoms with Crippen LogP contribution >= 0.6 is 0 Å². The fourth-order valence-electron chi connectivity index (χ4n) is 7.54. The molecular weight excluding hydrogens is 326 g/mol. The molecule has 144 valence electrons. The van der Waals surface area contributed by atoms with Gasteiger partial charge in [0.1, 0.15) is 0 Å². The van der Waals surface area contributed by atoms with E-state index in [1.807, 2.05) is 11.8 Å². The SMILES string of the molecule is CCc1cncc(C2=CCC3C4CC=C5CCCC[C@]5(C)C4CC[C@]23C)c1. The Morgan fingerprint density at radius 1 is 1.00 bits per heavy atom. The summed E-state index contributed by atoms with van der Waals surface area (Å²) >= 11 is 0. The number of pyridine rings is 1. The van der Waals surface area contributed by atoms with Crippen molar-refractivity contribution in [2.45, 2.75) is 78.6 Å². The first-order valence-electron chi connectivity index (χ1n) is 11.4. The van der Waals surface area contributed by atoms with Gasteiger partial charge in [0.15, 0.2) is 0 Å². The van der Waals surface area contributed by atoms with Gasteiger partial charge < -0.3 is 0 Å². The molecule has 2 fully saturated rings. The molecule has 0 saturated heterocycles. The van der Waals surface area contributed by atoms with E-state index in [4.69, 9.17) is 0 Å². The highest BCUT2D eigenvalue weighted by molar-refractivity contribution is 5.72. The van der Waals surface area contributed by atoms with E-state index < -0.39 is 0 Å². The van der Waals surface area contributed by atoms with Gasteiger partial charge in [-0.1, -0.05) is 44.9 Å². The van der Waals surface area contributed by atoms with E-state index >= 15 is 0 Å². The van der Waals surface area contributed by atoms with Crippen molar-refractivity contribution in [3.8, 4) is 0 Å². The van der Waals surface area contributed by atoms with Gasteiger partial charge in [0, 0.05) is 12.4 Å². The smallest absolute Gasteiger partial charge is 0.0343 e. The Hall–Kier alpha value is -1.37. The summed E-state index contributed by atoms with van der Waals surface area (Å²) in [6.45, 7) is 7.43. The van der Waals surface area contributed by atoms with Crippen LogP contribution in [0.3, 0.4) is 0 Å². The lowest BCUT2D eigenvalue weighted by atomic mass is 9.47. The molecule has 3 unspecified atom stereocenters. The lowest BCUT2D eigenvalue weighted by Gasteiger charge is -2.57. The number of aryl methyl sites for hydroxylation is 1. The molecular formula is C26H35N. The summed E-state index contributed by atoms with van der Waals surface area (Å²) in [6, 6.07) is 2.40. The average molecular weight is 362 g/mol. The maximum atomic E-state index is 4.56. The van der Waals surface area contributed by atoms with Crippen molar-refractivity contribution < 1.29 is 0 Å². The lowest BCUT2D eigenvalue weighted by molar-refractivity contribution is -0.00980. The van der Waals surface area contributed by atoms with Crippen LogP contribution in [-0.4, -0.2) is 4.98 Å². The van der Waals surface area contributed by atoms with E-state index in [0.29, 0.717) is 10.8 Å². The molecule has 5 atom stereocenters. The number of rotatable bonds is 2. The summed E-state index contributed by atoms with van der Waals surface area (Å²) in [7, 11) is 0. The maximum Gasteiger partial charge on any atom is 0.0343 e. The van der Waals surface area contributed by atoms with Crippen molar-refractivity contribution in [1.82, 2.24) is 4.98 Å². The Kier molecular flexibility index (Phi) is 4.15. The van der Waals surface area contributed by atoms with E-state index in [9.17, 15) is 0 Å². The minimum atomic E-state index is 0.353. The quantitative estimate of drug-likeness (QED) is 0.517. The molecule has 4 aliphatic rings. The Labute approximate surface area is 165 Å². The van der Waals surface area contributed by atoms with Crippen molar-refractivity contribution >= 4 is 5.57 Å². The molecule has 5 rings (SSSR count). The molecule has 0 spiro atoms. The number of fused-ring (bicyclic) bond motifs is 5. The topological polar surface area (TPSA) is 12.9 Å². The molecule has 0 radical (unpaired) electrons. The van der Waals surface area contributed by atoms with Crippen LogP contribution in [0.2, 0.25) is 0 Å². The second kappa shape index (κ2) is 6.33. The minimum Gasteiger partial charge on any atom is -0.264 e. The van der Waals surface area contributed by atoms with Crippen molar-refractivity contribution in [2.24, 2.45) is 28.6 Å². The maximum absolute atomic E-state index is 4.56. The lowest BCUT2D eigenvalue weighted by Crippen LogP contribution is -2.48. The van der Waals surface area contributed by atoms with Gasteiger partial charge in [0.2, 0.25) is 0 Å². The Balaban J connectivity index is 1.48. The van der Waals surface area contributed by atoms with Gasteiger partial charge in [0.05, 0.1) is 0 Å². The van der Waals surface area contributed by atoms with Crippen molar-refractivity contribution in [3.05, 3.63) is 47.3 Å². The van der Waals surface area contributed by atoms with Gasteiger partial charge >= 0.3 is 0 Å². The second-order valence-corrected chi connectivity index (χ2v) is 10.2. The zero-order chi connectivity index (χ0) is 18.6. The summed E-state index contributed by atoms with van der Waals surface area (Å²) < 4.78 is 0. The van der Waals surface area contributed by atoms with Crippen LogP contribution in [0.5, 0.6) is 0 Å². The molecule has 0 aromatic carbocycles. The van der Waals surface area contributed by atoms with Gasteiger partial charge in [-0.05, 0) is 103 Å². The van der Waals surface area contributed by atoms with Crippen molar-refractivity contribution in [1.29, 1.82) is 0 Å². The highest BCUT2D eigenvalue weighted by Crippen LogP contribution is 2.66. The largest absolute Gasteiger partial charge is 0.264 e. The fourth-order valence-corrected chi connectivity index (χ4v) is 7.54. The summed E-state index contributed by atoms with van der Waals surface area (Å²) in [5.41, 5.74) is 7.06. The number of aromatic nitrogens is 1. The Bertz CT molecular complexity index is 802. The molecule has 1 heterocycles. The summed E-state index contributed by atoms with van der Waals surface area (Å²) in [5.74, 6) is 2.63. The third-order valence-electron chi connectivity index (χ3n) is 9.11. The van der Waals surface area contributed by atoms with Crippen molar-refractivity contribution in [2.75, 3.05) is 0 Å². The fraction of sp³-hybridized carbons (Fsp3) is 0.654. The summed E-state index contributed by atoms with van der Waals surface area (Å²) in [6.07, 6.45) is 21.6. The third-order valence-corrected chi connectivity index (χ3v) is 9.11. The zero-order valence-electron chi connectivity index (χ0n) is 17.4. The molecule has 1 nitrogen and oxygen atoms in total. The highest BCUT2D eigenvalue weighted by Gasteiger charge is 2.56. The third kappa shape index (κ3) is 2.53. The van der Waals surface area contributed by atoms with Gasteiger partial charge in [-0.15, -0.1) is 0 Å². The van der Waals surface area contributed by atoms with Gasteiger partial charge in [-0.25, -0.2) is 0 Å². The number of allylic oxidation sites excluding steroid dienone is 4. The standard InChI is InChI=1S/C26H35N/c1-4-18-15-19(17-27-16-18)22-10-11-23-21-9-8-20-7-5-6-13-25(20,2)24(21)12-14-26(22,23)3/h8,10,15-17,21,23-24H,4-7,9,11-14H2,1-3H3/t21?,23?,24?,25-,26+/m0/s1. The summed E-state index contributed by atoms with van der Waals surface area (Å²) in [5, 5.41) is 0. The normalized spacial score (nSPS) is 40.5. The second-order valence-electron chi connectivity index (χ2n) is 10.2. The first-order valence-corrected chi connectivity index (χ1v) is 11.4. The Morgan fingerprint density at radius 2 is 1.89 bits per heavy atom. The highest BCUT2D eigenvalue weighted by atomic mass is 14.6. The van der Waals surface area contributed by atoms with E-state index in [0.717, 1.165) is 24.2 Å². The predicted octanol–water partition coefficient (Wildman–Crippen LogP) is 6.99. The first kappa shape index (κ1) is 17.7. The number of hydrogen-bond donors (Lipinski definition) is 0. The zero-order valence-corrected chi connectivity index (χ0v) is 17.4. The molecule has 27 heavy (non-hydrogen) atoms. The van der Waals surface area contributed by atoms with Gasteiger partial charge in [-0.3, -0.25) is 4.98 Å². The molecule has 1 aromatic heterocycles. The molecule has 0 aliphatic heterocycles. The number of hydrogen-bond acceptors (Lipinski definition) is 1. The van der Waals surface area contributed by atoms with E-state index in [2.05, 4.69) is 50.2 Å². The van der Waals surface area contributed by atoms with E-state index in [-0.39, 0.29) is 0 Å². The van der Waals surface area contributed by atoms with Crippen molar-refractivity contribution in [3.63, 3.8) is 0 Å². The van der Waals surface area contributed by atoms with Crippen LogP contribution in [0.25, 0.3) is 5.57 Å². The molecule has 1 heteroatoms. The minimum absolute atomic E-state index is 0.353. The average Bonchev–Trinajstić information content (AvgIpc) is 3.05. The van der Waals surface area contributed by atoms with Crippen LogP contribution in [0.1, 0.15) is 83.3 Å². The van der Waals surface area contributed by atoms with Crippen LogP contribution in [0.15, 0.2) is 36.2 Å². The van der Waals surface area contributed by atoms with Gasteiger partial charge in [0.25, 0.3) is 0 Å². The van der Waals surface area contributed by atoms with Crippen LogP contribution in [0.4, 0.5) is 0 Å². The van der Waals surface area contributed by atoms with Crippen LogP contribution in [0, 0.1) is 28.6 Å². The monoisotopic (exact) mass is 361 g/mol. The van der Waals surface area contributed by atoms with Crippen LogP contribution in [-0.2, 0) is 6.42 Å². The molecule has 1 aromatic rings. The van der Waals surface area contributed by atoms with E-state index in [1.165, 1.54) is 62.5 Å². The van der Waals surface area contributed by atoms with Gasteiger partial charge in [-0.2, -0.15) is 0 Å². The predicted molar refractivity (Wildman–Crippen MR) is 113 cm³/mol. The van der Waals surface area contributed by atoms with Crippen LogP contribution < -0.4 is 0 Å². The molecule has 0 bridgehead atoms. The first-order chi connectivity index (χ1) is 13.1. The Morgan fingerprint density at radius 3 is 2.74 bits per heavy atom.